The molecule has 216 valence electrons. The molecule has 1 aliphatic heterocycles. The molecule has 0 radical (unpaired) electrons. The monoisotopic (exact) mass is 546 g/mol. The van der Waals surface area contributed by atoms with E-state index in [1.807, 2.05) is 0 Å². The summed E-state index contributed by atoms with van der Waals surface area (Å²) in [6, 6.07) is 16.3. The van der Waals surface area contributed by atoms with Crippen molar-refractivity contribution in [1.82, 2.24) is 20.4 Å². The number of unbranched alkanes of at least 4 members (excludes halogenated alkanes) is 4. The molecule has 2 aromatic carbocycles. The van der Waals surface area contributed by atoms with Gasteiger partial charge < -0.3 is 20.4 Å². The first-order valence-corrected chi connectivity index (χ1v) is 14.7. The van der Waals surface area contributed by atoms with E-state index in [1.165, 1.54) is 5.56 Å². The van der Waals surface area contributed by atoms with Crippen molar-refractivity contribution in [2.24, 2.45) is 0 Å². The van der Waals surface area contributed by atoms with Crippen molar-refractivity contribution in [3.63, 3.8) is 0 Å². The largest absolute Gasteiger partial charge is 0.359 e. The molecule has 0 fully saturated rings. The van der Waals surface area contributed by atoms with Crippen LogP contribution in [0.5, 0.6) is 0 Å². The third-order valence-corrected chi connectivity index (χ3v) is 7.55. The molecule has 0 spiro atoms. The highest BCUT2D eigenvalue weighted by molar-refractivity contribution is 5.99. The molecule has 2 N–H and O–H groups in total. The number of hydrogen-bond donors (Lipinski definition) is 2. The van der Waals surface area contributed by atoms with Crippen LogP contribution in [0.25, 0.3) is 11.1 Å². The fourth-order valence-corrected chi connectivity index (χ4v) is 5.05. The first kappa shape index (κ1) is 31.1. The summed E-state index contributed by atoms with van der Waals surface area (Å²) in [5.74, 6) is -0.0167. The minimum atomic E-state index is -0.524. The lowest BCUT2D eigenvalue weighted by Crippen LogP contribution is -2.47. The van der Waals surface area contributed by atoms with Gasteiger partial charge in [-0.05, 0) is 61.1 Å². The second kappa shape index (κ2) is 16.0. The molecule has 0 bridgehead atoms. The predicted octanol–water partition coefficient (Wildman–Crippen LogP) is 5.06. The lowest BCUT2D eigenvalue weighted by molar-refractivity contribution is -0.139. The Hall–Kier alpha value is -3.45. The first-order chi connectivity index (χ1) is 19.3. The highest BCUT2D eigenvalue weighted by Gasteiger charge is 2.33. The van der Waals surface area contributed by atoms with Crippen molar-refractivity contribution in [3.05, 3.63) is 71.4 Å². The quantitative estimate of drug-likeness (QED) is 0.306. The van der Waals surface area contributed by atoms with Gasteiger partial charge in [-0.15, -0.1) is 0 Å². The van der Waals surface area contributed by atoms with E-state index >= 15 is 0 Å². The fraction of sp³-hybridized carbons (Fsp3) is 0.485. The van der Waals surface area contributed by atoms with Gasteiger partial charge in [0.05, 0.1) is 0 Å². The summed E-state index contributed by atoms with van der Waals surface area (Å²) < 4.78 is 0. The first-order valence-electron chi connectivity index (χ1n) is 14.7. The lowest BCUT2D eigenvalue weighted by Gasteiger charge is -2.28. The molecule has 3 rings (SSSR count). The van der Waals surface area contributed by atoms with Gasteiger partial charge >= 0.3 is 0 Å². The molecule has 1 heterocycles. The fourth-order valence-electron chi connectivity index (χ4n) is 5.05. The molecule has 2 aromatic rings. The SMILES string of the molecule is CCCCCCN1C=C(C)C(=O)N(C)[C@@H](Cc2ccc(-c3cccc(CNCCCCC(=O)NC)c3)cc2)C1=O. The Balaban J connectivity index is 1.60. The number of likely N-dealkylation sites (N-methyl/N-ethyl adjacent to an activating group) is 1. The van der Waals surface area contributed by atoms with E-state index in [2.05, 4.69) is 66.1 Å². The Labute approximate surface area is 240 Å². The number of carbonyl (C=O) groups is 3. The van der Waals surface area contributed by atoms with Gasteiger partial charge in [-0.1, -0.05) is 68.7 Å². The van der Waals surface area contributed by atoms with Crippen LogP contribution in [0.3, 0.4) is 0 Å². The van der Waals surface area contributed by atoms with Crippen LogP contribution in [0.4, 0.5) is 0 Å². The average molecular weight is 547 g/mol. The van der Waals surface area contributed by atoms with Crippen LogP contribution >= 0.6 is 0 Å². The van der Waals surface area contributed by atoms with Crippen LogP contribution in [-0.2, 0) is 27.3 Å². The predicted molar refractivity (Wildman–Crippen MR) is 161 cm³/mol. The van der Waals surface area contributed by atoms with Crippen molar-refractivity contribution < 1.29 is 14.4 Å². The average Bonchev–Trinajstić information content (AvgIpc) is 3.04. The normalized spacial score (nSPS) is 15.7. The number of nitrogens with zero attached hydrogens (tertiary/aromatic N) is 2. The van der Waals surface area contributed by atoms with E-state index in [-0.39, 0.29) is 17.7 Å². The molecule has 0 saturated carbocycles. The van der Waals surface area contributed by atoms with Crippen molar-refractivity contribution in [3.8, 4) is 11.1 Å². The zero-order valence-corrected chi connectivity index (χ0v) is 24.7. The maximum atomic E-state index is 13.5. The molecular formula is C33H46N4O3. The molecule has 7 nitrogen and oxygen atoms in total. The highest BCUT2D eigenvalue weighted by Crippen LogP contribution is 2.24. The van der Waals surface area contributed by atoms with Crippen LogP contribution in [0.15, 0.2) is 60.3 Å². The molecule has 40 heavy (non-hydrogen) atoms. The Morgan fingerprint density at radius 2 is 1.70 bits per heavy atom. The smallest absolute Gasteiger partial charge is 0.251 e. The van der Waals surface area contributed by atoms with Gasteiger partial charge in [0.2, 0.25) is 11.8 Å². The highest BCUT2D eigenvalue weighted by atomic mass is 16.2. The van der Waals surface area contributed by atoms with E-state index < -0.39 is 6.04 Å². The molecule has 0 aliphatic carbocycles. The minimum absolute atomic E-state index is 0.0119. The summed E-state index contributed by atoms with van der Waals surface area (Å²) in [4.78, 5) is 41.1. The number of carbonyl (C=O) groups excluding carboxylic acids is 3. The Morgan fingerprint density at radius 3 is 2.42 bits per heavy atom. The standard InChI is InChI=1S/C33H46N4O3/c1-5-6-7-10-20-37-24-25(2)32(39)36(4)30(33(37)40)22-26-15-17-28(18-16-26)29-13-11-12-27(21-29)23-35-19-9-8-14-31(38)34-3/h11-13,15-18,21,24,30,35H,5-10,14,19-20,22-23H2,1-4H3,(H,34,38)/t30-/m0/s1. The Morgan fingerprint density at radius 1 is 0.925 bits per heavy atom. The van der Waals surface area contributed by atoms with Crippen molar-refractivity contribution in [1.29, 1.82) is 0 Å². The van der Waals surface area contributed by atoms with Crippen LogP contribution < -0.4 is 10.6 Å². The molecule has 7 heteroatoms. The second-order valence-electron chi connectivity index (χ2n) is 10.7. The van der Waals surface area contributed by atoms with E-state index in [4.69, 9.17) is 0 Å². The van der Waals surface area contributed by atoms with Crippen molar-refractivity contribution in [2.75, 3.05) is 27.2 Å². The maximum absolute atomic E-state index is 13.5. The third kappa shape index (κ3) is 9.05. The number of benzene rings is 2. The second-order valence-corrected chi connectivity index (χ2v) is 10.7. The van der Waals surface area contributed by atoms with E-state index in [1.54, 1.807) is 37.0 Å². The molecule has 1 aliphatic rings. The molecular weight excluding hydrogens is 500 g/mol. The molecule has 0 aromatic heterocycles. The Kier molecular flexibility index (Phi) is 12.4. The Bertz CT molecular complexity index is 1160. The van der Waals surface area contributed by atoms with Gasteiger partial charge in [0.1, 0.15) is 6.04 Å². The molecule has 0 unspecified atom stereocenters. The van der Waals surface area contributed by atoms with Gasteiger partial charge in [0.25, 0.3) is 5.91 Å². The number of nitrogens with one attached hydrogen (secondary N) is 2. The minimum Gasteiger partial charge on any atom is -0.359 e. The van der Waals surface area contributed by atoms with Crippen LogP contribution in [-0.4, -0.2) is 60.7 Å². The molecule has 1 atom stereocenters. The van der Waals surface area contributed by atoms with Crippen LogP contribution in [0.2, 0.25) is 0 Å². The maximum Gasteiger partial charge on any atom is 0.251 e. The van der Waals surface area contributed by atoms with Gasteiger partial charge in [0, 0.05) is 51.8 Å². The number of hydrogen-bond acceptors (Lipinski definition) is 4. The van der Waals surface area contributed by atoms with Gasteiger partial charge in [0.15, 0.2) is 0 Å². The summed E-state index contributed by atoms with van der Waals surface area (Å²) in [5.41, 5.74) is 5.09. The number of rotatable bonds is 15. The molecule has 0 saturated heterocycles. The van der Waals surface area contributed by atoms with Gasteiger partial charge in [-0.2, -0.15) is 0 Å². The van der Waals surface area contributed by atoms with Crippen molar-refractivity contribution >= 4 is 17.7 Å². The zero-order chi connectivity index (χ0) is 28.9. The van der Waals surface area contributed by atoms with Crippen LogP contribution in [0, 0.1) is 0 Å². The van der Waals surface area contributed by atoms with E-state index in [9.17, 15) is 14.4 Å². The van der Waals surface area contributed by atoms with Gasteiger partial charge in [-0.25, -0.2) is 0 Å². The lowest BCUT2D eigenvalue weighted by atomic mass is 9.98. The van der Waals surface area contributed by atoms with E-state index in [0.717, 1.165) is 68.3 Å². The summed E-state index contributed by atoms with van der Waals surface area (Å²) in [5, 5.41) is 6.12. The van der Waals surface area contributed by atoms with Crippen LogP contribution in [0.1, 0.15) is 69.9 Å². The summed E-state index contributed by atoms with van der Waals surface area (Å²) in [6.45, 7) is 6.26. The third-order valence-electron chi connectivity index (χ3n) is 7.55. The van der Waals surface area contributed by atoms with Gasteiger partial charge in [-0.3, -0.25) is 14.4 Å². The summed E-state index contributed by atoms with van der Waals surface area (Å²) in [6.07, 6.45) is 8.95. The zero-order valence-electron chi connectivity index (χ0n) is 24.7. The topological polar surface area (TPSA) is 81.8 Å². The molecule has 3 amide bonds. The summed E-state index contributed by atoms with van der Waals surface area (Å²) >= 11 is 0. The number of amides is 3. The summed E-state index contributed by atoms with van der Waals surface area (Å²) in [7, 11) is 3.40. The van der Waals surface area contributed by atoms with E-state index in [0.29, 0.717) is 25.0 Å². The van der Waals surface area contributed by atoms with Crippen molar-refractivity contribution in [2.45, 2.75) is 77.8 Å².